The molecule has 2 aromatic heterocycles. The fraction of sp³-hybridized carbons (Fsp3) is 0.0769. The second-order valence-electron chi connectivity index (χ2n) is 7.13. The van der Waals surface area contributed by atoms with E-state index in [0.717, 1.165) is 16.7 Å². The van der Waals surface area contributed by atoms with Gasteiger partial charge in [0.1, 0.15) is 0 Å². The molecule has 0 spiro atoms. The number of nitrogens with zero attached hydrogens (tertiary/aromatic N) is 3. The Morgan fingerprint density at radius 3 is 2.56 bits per heavy atom. The summed E-state index contributed by atoms with van der Waals surface area (Å²) in [6.45, 7) is 2.19. The molecule has 0 aliphatic rings. The summed E-state index contributed by atoms with van der Waals surface area (Å²) in [5, 5.41) is 3.51. The third-order valence-corrected chi connectivity index (χ3v) is 5.06. The van der Waals surface area contributed by atoms with E-state index in [1.165, 1.54) is 0 Å². The standard InChI is InChI=1S/C26H21ClN4O/c1-18-23(26(32)29-15-6-10-19-8-3-2-4-9-19)24(20-11-5-13-22(27)16-20)31-25(30-18)21-12-7-14-28-17-21/h2-14,16-17H,15H2,1H3,(H,29,32)/b10-6+. The van der Waals surface area contributed by atoms with E-state index >= 15 is 0 Å². The second kappa shape index (κ2) is 9.98. The number of aryl methyl sites for hydroxylation is 1. The van der Waals surface area contributed by atoms with Gasteiger partial charge in [-0.3, -0.25) is 9.78 Å². The third kappa shape index (κ3) is 5.07. The predicted molar refractivity (Wildman–Crippen MR) is 128 cm³/mol. The van der Waals surface area contributed by atoms with Crippen LogP contribution in [-0.2, 0) is 0 Å². The van der Waals surface area contributed by atoms with Crippen LogP contribution in [0.25, 0.3) is 28.7 Å². The summed E-state index contributed by atoms with van der Waals surface area (Å²) < 4.78 is 0. The van der Waals surface area contributed by atoms with Crippen molar-refractivity contribution in [2.24, 2.45) is 0 Å². The van der Waals surface area contributed by atoms with Gasteiger partial charge in [-0.15, -0.1) is 0 Å². The minimum atomic E-state index is -0.243. The highest BCUT2D eigenvalue weighted by Gasteiger charge is 2.20. The number of halogens is 1. The van der Waals surface area contributed by atoms with E-state index in [-0.39, 0.29) is 5.91 Å². The van der Waals surface area contributed by atoms with Crippen LogP contribution in [0.2, 0.25) is 5.02 Å². The maximum atomic E-state index is 13.1. The first-order valence-corrected chi connectivity index (χ1v) is 10.5. The monoisotopic (exact) mass is 440 g/mol. The summed E-state index contributed by atoms with van der Waals surface area (Å²) in [5.41, 5.74) is 4.13. The summed E-state index contributed by atoms with van der Waals surface area (Å²) >= 11 is 6.22. The first-order valence-electron chi connectivity index (χ1n) is 10.2. The molecule has 5 nitrogen and oxygen atoms in total. The highest BCUT2D eigenvalue weighted by molar-refractivity contribution is 6.30. The smallest absolute Gasteiger partial charge is 0.255 e. The SMILES string of the molecule is Cc1nc(-c2cccnc2)nc(-c2cccc(Cl)c2)c1C(=O)NC/C=C/c1ccccc1. The van der Waals surface area contributed by atoms with Crippen LogP contribution in [0.1, 0.15) is 21.6 Å². The Balaban J connectivity index is 1.67. The maximum absolute atomic E-state index is 13.1. The van der Waals surface area contributed by atoms with Crippen molar-refractivity contribution < 1.29 is 4.79 Å². The van der Waals surface area contributed by atoms with Gasteiger partial charge < -0.3 is 5.32 Å². The molecule has 0 atom stereocenters. The van der Waals surface area contributed by atoms with E-state index in [1.54, 1.807) is 24.5 Å². The van der Waals surface area contributed by atoms with Gasteiger partial charge in [0.15, 0.2) is 5.82 Å². The number of carbonyl (C=O) groups is 1. The van der Waals surface area contributed by atoms with Crippen molar-refractivity contribution in [3.05, 3.63) is 107 Å². The molecule has 0 fully saturated rings. The van der Waals surface area contributed by atoms with Crippen LogP contribution in [-0.4, -0.2) is 27.4 Å². The molecule has 2 aromatic carbocycles. The zero-order chi connectivity index (χ0) is 22.3. The zero-order valence-electron chi connectivity index (χ0n) is 17.5. The van der Waals surface area contributed by atoms with Gasteiger partial charge in [0.05, 0.1) is 17.0 Å². The van der Waals surface area contributed by atoms with Crippen LogP contribution in [0, 0.1) is 6.92 Å². The Bertz CT molecular complexity index is 1260. The van der Waals surface area contributed by atoms with Gasteiger partial charge in [-0.2, -0.15) is 0 Å². The normalized spacial score (nSPS) is 10.9. The van der Waals surface area contributed by atoms with Crippen LogP contribution in [0.15, 0.2) is 85.2 Å². The van der Waals surface area contributed by atoms with Crippen molar-refractivity contribution in [2.45, 2.75) is 6.92 Å². The van der Waals surface area contributed by atoms with Crippen molar-refractivity contribution in [2.75, 3.05) is 6.54 Å². The summed E-state index contributed by atoms with van der Waals surface area (Å²) in [6.07, 6.45) is 7.27. The van der Waals surface area contributed by atoms with Gasteiger partial charge in [0.2, 0.25) is 0 Å². The first-order chi connectivity index (χ1) is 15.6. The molecule has 1 amide bonds. The lowest BCUT2D eigenvalue weighted by molar-refractivity contribution is 0.0957. The minimum Gasteiger partial charge on any atom is -0.348 e. The average molecular weight is 441 g/mol. The van der Waals surface area contributed by atoms with Crippen LogP contribution < -0.4 is 5.32 Å². The van der Waals surface area contributed by atoms with E-state index in [9.17, 15) is 4.79 Å². The van der Waals surface area contributed by atoms with E-state index in [2.05, 4.69) is 15.3 Å². The number of benzene rings is 2. The molecular weight excluding hydrogens is 420 g/mol. The van der Waals surface area contributed by atoms with Gasteiger partial charge >= 0.3 is 0 Å². The van der Waals surface area contributed by atoms with Gasteiger partial charge in [-0.25, -0.2) is 9.97 Å². The molecule has 0 bridgehead atoms. The fourth-order valence-electron chi connectivity index (χ4n) is 3.31. The number of aromatic nitrogens is 3. The number of amides is 1. The molecule has 158 valence electrons. The van der Waals surface area contributed by atoms with E-state index < -0.39 is 0 Å². The van der Waals surface area contributed by atoms with E-state index in [4.69, 9.17) is 16.6 Å². The van der Waals surface area contributed by atoms with E-state index in [1.807, 2.05) is 73.7 Å². The van der Waals surface area contributed by atoms with Crippen LogP contribution in [0.3, 0.4) is 0 Å². The fourth-order valence-corrected chi connectivity index (χ4v) is 3.50. The zero-order valence-corrected chi connectivity index (χ0v) is 18.3. The first kappa shape index (κ1) is 21.4. The number of pyridine rings is 1. The average Bonchev–Trinajstić information content (AvgIpc) is 2.82. The highest BCUT2D eigenvalue weighted by atomic mass is 35.5. The van der Waals surface area contributed by atoms with Crippen molar-refractivity contribution in [3.63, 3.8) is 0 Å². The molecular formula is C26H21ClN4O. The molecule has 0 saturated carbocycles. The predicted octanol–water partition coefficient (Wildman–Crippen LogP) is 5.61. The minimum absolute atomic E-state index is 0.243. The lowest BCUT2D eigenvalue weighted by atomic mass is 10.0. The molecule has 4 aromatic rings. The molecule has 1 N–H and O–H groups in total. The largest absolute Gasteiger partial charge is 0.348 e. The molecule has 0 radical (unpaired) electrons. The summed E-state index contributed by atoms with van der Waals surface area (Å²) in [6, 6.07) is 20.9. The molecule has 0 saturated heterocycles. The Morgan fingerprint density at radius 2 is 1.81 bits per heavy atom. The summed E-state index contributed by atoms with van der Waals surface area (Å²) in [7, 11) is 0. The van der Waals surface area contributed by atoms with Crippen LogP contribution in [0.4, 0.5) is 0 Å². The molecule has 2 heterocycles. The number of carbonyl (C=O) groups excluding carboxylic acids is 1. The highest BCUT2D eigenvalue weighted by Crippen LogP contribution is 2.28. The van der Waals surface area contributed by atoms with E-state index in [0.29, 0.717) is 34.3 Å². The number of hydrogen-bond donors (Lipinski definition) is 1. The topological polar surface area (TPSA) is 67.8 Å². The quantitative estimate of drug-likeness (QED) is 0.423. The van der Waals surface area contributed by atoms with Crippen molar-refractivity contribution >= 4 is 23.6 Å². The Morgan fingerprint density at radius 1 is 1.00 bits per heavy atom. The van der Waals surface area contributed by atoms with Gasteiger partial charge in [0, 0.05) is 35.1 Å². The van der Waals surface area contributed by atoms with Crippen molar-refractivity contribution in [3.8, 4) is 22.6 Å². The lowest BCUT2D eigenvalue weighted by Gasteiger charge is -2.14. The van der Waals surface area contributed by atoms with Crippen LogP contribution in [0.5, 0.6) is 0 Å². The van der Waals surface area contributed by atoms with Crippen molar-refractivity contribution in [1.29, 1.82) is 0 Å². The van der Waals surface area contributed by atoms with Crippen LogP contribution >= 0.6 is 11.6 Å². The molecule has 4 rings (SSSR count). The molecule has 32 heavy (non-hydrogen) atoms. The number of rotatable bonds is 6. The third-order valence-electron chi connectivity index (χ3n) is 4.83. The molecule has 6 heteroatoms. The second-order valence-corrected chi connectivity index (χ2v) is 7.57. The molecule has 0 aliphatic heterocycles. The maximum Gasteiger partial charge on any atom is 0.255 e. The summed E-state index contributed by atoms with van der Waals surface area (Å²) in [4.78, 5) is 26.6. The molecule has 0 unspecified atom stereocenters. The number of nitrogens with one attached hydrogen (secondary N) is 1. The summed E-state index contributed by atoms with van der Waals surface area (Å²) in [5.74, 6) is 0.263. The lowest BCUT2D eigenvalue weighted by Crippen LogP contribution is -2.26. The number of hydrogen-bond acceptors (Lipinski definition) is 4. The van der Waals surface area contributed by atoms with Gasteiger partial charge in [-0.1, -0.05) is 66.2 Å². The Kier molecular flexibility index (Phi) is 6.68. The Hall–Kier alpha value is -3.83. The van der Waals surface area contributed by atoms with Gasteiger partial charge in [0.25, 0.3) is 5.91 Å². The molecule has 0 aliphatic carbocycles. The van der Waals surface area contributed by atoms with Crippen molar-refractivity contribution in [1.82, 2.24) is 20.3 Å². The Labute approximate surface area is 191 Å². The van der Waals surface area contributed by atoms with Gasteiger partial charge in [-0.05, 0) is 36.8 Å².